The Morgan fingerprint density at radius 1 is 0.914 bits per heavy atom. The lowest BCUT2D eigenvalue weighted by Gasteiger charge is -2.30. The second-order valence-corrected chi connectivity index (χ2v) is 8.89. The maximum Gasteiger partial charge on any atom is 0.408 e. The maximum atomic E-state index is 13.1. The molecule has 3 aromatic rings. The van der Waals surface area contributed by atoms with Crippen LogP contribution in [-0.2, 0) is 19.9 Å². The molecule has 1 aliphatic carbocycles. The summed E-state index contributed by atoms with van der Waals surface area (Å²) >= 11 is 0. The van der Waals surface area contributed by atoms with Crippen molar-refractivity contribution in [2.24, 2.45) is 5.92 Å². The summed E-state index contributed by atoms with van der Waals surface area (Å²) in [6.45, 7) is 3.12. The van der Waals surface area contributed by atoms with E-state index in [1.54, 1.807) is 31.2 Å². The van der Waals surface area contributed by atoms with Gasteiger partial charge in [0.15, 0.2) is 0 Å². The molecule has 0 saturated carbocycles. The molecule has 0 spiro atoms. The molecule has 0 heterocycles. The third kappa shape index (κ3) is 4.89. The van der Waals surface area contributed by atoms with Gasteiger partial charge in [-0.2, -0.15) is 0 Å². The van der Waals surface area contributed by atoms with E-state index in [1.165, 1.54) is 6.92 Å². The fourth-order valence-corrected chi connectivity index (χ4v) is 4.38. The van der Waals surface area contributed by atoms with Crippen molar-refractivity contribution in [1.82, 2.24) is 10.6 Å². The summed E-state index contributed by atoms with van der Waals surface area (Å²) in [6, 6.07) is 24.9. The summed E-state index contributed by atoms with van der Waals surface area (Å²) in [7, 11) is 0. The predicted octanol–water partition coefficient (Wildman–Crippen LogP) is 4.28. The lowest BCUT2D eigenvalue weighted by atomic mass is 9.91. The van der Waals surface area contributed by atoms with Crippen LogP contribution in [0.25, 0.3) is 11.1 Å². The van der Waals surface area contributed by atoms with Gasteiger partial charge in [0, 0.05) is 12.5 Å². The van der Waals surface area contributed by atoms with Crippen LogP contribution in [-0.4, -0.2) is 36.2 Å². The highest BCUT2D eigenvalue weighted by Gasteiger charge is 2.38. The Balaban J connectivity index is 1.50. The topological polar surface area (TPSA) is 105 Å². The van der Waals surface area contributed by atoms with Gasteiger partial charge in [-0.05, 0) is 34.7 Å². The first-order valence-corrected chi connectivity index (χ1v) is 11.5. The molecule has 1 aliphatic rings. The number of hydrogen-bond donors (Lipinski definition) is 3. The van der Waals surface area contributed by atoms with Crippen LogP contribution in [0.2, 0.25) is 0 Å². The zero-order valence-corrected chi connectivity index (χ0v) is 19.7. The summed E-state index contributed by atoms with van der Waals surface area (Å²) in [5.41, 5.74) is 3.52. The van der Waals surface area contributed by atoms with Crippen LogP contribution in [0.3, 0.4) is 0 Å². The third-order valence-electron chi connectivity index (χ3n) is 6.49. The lowest BCUT2D eigenvalue weighted by molar-refractivity contribution is -0.141. The Morgan fingerprint density at radius 2 is 1.46 bits per heavy atom. The molecule has 3 N–H and O–H groups in total. The molecule has 0 saturated heterocycles. The quantitative estimate of drug-likeness (QED) is 0.454. The molecule has 3 aromatic carbocycles. The first-order valence-electron chi connectivity index (χ1n) is 11.5. The largest absolute Gasteiger partial charge is 0.481 e. The number of amides is 2. The van der Waals surface area contributed by atoms with Crippen molar-refractivity contribution in [2.75, 3.05) is 13.2 Å². The van der Waals surface area contributed by atoms with Crippen molar-refractivity contribution in [1.29, 1.82) is 0 Å². The second-order valence-electron chi connectivity index (χ2n) is 8.89. The predicted molar refractivity (Wildman–Crippen MR) is 132 cm³/mol. The van der Waals surface area contributed by atoms with E-state index in [9.17, 15) is 14.4 Å². The Hall–Kier alpha value is -4.13. The molecular formula is C28H28N2O5. The van der Waals surface area contributed by atoms with Crippen LogP contribution < -0.4 is 10.6 Å². The minimum atomic E-state index is -1.46. The fourth-order valence-electron chi connectivity index (χ4n) is 4.38. The maximum absolute atomic E-state index is 13.1. The van der Waals surface area contributed by atoms with Crippen LogP contribution in [0.1, 0.15) is 36.5 Å². The number of fused-ring (bicyclic) bond motifs is 3. The zero-order valence-electron chi connectivity index (χ0n) is 19.7. The van der Waals surface area contributed by atoms with Crippen molar-refractivity contribution in [3.05, 3.63) is 95.6 Å². The highest BCUT2D eigenvalue weighted by atomic mass is 16.5. The molecule has 35 heavy (non-hydrogen) atoms. The van der Waals surface area contributed by atoms with Crippen molar-refractivity contribution in [2.45, 2.75) is 25.3 Å². The van der Waals surface area contributed by atoms with Gasteiger partial charge in [0.2, 0.25) is 5.91 Å². The summed E-state index contributed by atoms with van der Waals surface area (Å²) in [4.78, 5) is 37.3. The van der Waals surface area contributed by atoms with Crippen molar-refractivity contribution < 1.29 is 24.2 Å². The molecule has 2 amide bonds. The van der Waals surface area contributed by atoms with E-state index >= 15 is 0 Å². The Kier molecular flexibility index (Phi) is 6.87. The Morgan fingerprint density at radius 3 is 2.03 bits per heavy atom. The number of rotatable bonds is 8. The van der Waals surface area contributed by atoms with E-state index in [0.717, 1.165) is 22.3 Å². The van der Waals surface area contributed by atoms with Crippen molar-refractivity contribution >= 4 is 18.0 Å². The molecule has 0 fully saturated rings. The van der Waals surface area contributed by atoms with Crippen LogP contribution in [0.15, 0.2) is 78.9 Å². The van der Waals surface area contributed by atoms with E-state index in [1.807, 2.05) is 42.5 Å². The molecule has 0 radical (unpaired) electrons. The number of aliphatic carboxylic acids is 1. The van der Waals surface area contributed by atoms with Crippen LogP contribution in [0.5, 0.6) is 0 Å². The summed E-state index contributed by atoms with van der Waals surface area (Å²) < 4.78 is 5.65. The molecular weight excluding hydrogens is 444 g/mol. The molecule has 0 bridgehead atoms. The van der Waals surface area contributed by atoms with Gasteiger partial charge >= 0.3 is 12.1 Å². The van der Waals surface area contributed by atoms with Gasteiger partial charge in [0.25, 0.3) is 0 Å². The van der Waals surface area contributed by atoms with Gasteiger partial charge in [-0.3, -0.25) is 9.59 Å². The van der Waals surface area contributed by atoms with Crippen LogP contribution in [0, 0.1) is 5.92 Å². The van der Waals surface area contributed by atoms with Gasteiger partial charge in [-0.15, -0.1) is 0 Å². The number of carbonyl (C=O) groups excluding carboxylic acids is 2. The number of benzene rings is 3. The molecule has 2 atom stereocenters. The molecule has 0 aliphatic heterocycles. The van der Waals surface area contributed by atoms with E-state index in [0.29, 0.717) is 5.56 Å². The first kappa shape index (κ1) is 24.0. The van der Waals surface area contributed by atoms with Crippen molar-refractivity contribution in [3.63, 3.8) is 0 Å². The standard InChI is InChI=1S/C28H28N2O5/c1-18(25(31)32)16-29-26(33)28(2,19-10-4-3-5-11-19)30-27(34)35-17-24-22-14-8-6-12-20(22)21-13-7-9-15-23(21)24/h3-15,18,24H,16-17H2,1-2H3,(H,29,33)(H,30,34)(H,31,32). The summed E-state index contributed by atoms with van der Waals surface area (Å²) in [6.07, 6.45) is -0.736. The summed E-state index contributed by atoms with van der Waals surface area (Å²) in [5.74, 6) is -2.42. The highest BCUT2D eigenvalue weighted by molar-refractivity contribution is 5.91. The molecule has 4 rings (SSSR count). The third-order valence-corrected chi connectivity index (χ3v) is 6.49. The number of carboxylic acid groups (broad SMARTS) is 1. The molecule has 7 heteroatoms. The molecule has 180 valence electrons. The molecule has 7 nitrogen and oxygen atoms in total. The average molecular weight is 473 g/mol. The van der Waals surface area contributed by atoms with Gasteiger partial charge in [0.05, 0.1) is 5.92 Å². The van der Waals surface area contributed by atoms with Gasteiger partial charge in [0.1, 0.15) is 12.1 Å². The number of alkyl carbamates (subject to hydrolysis) is 1. The van der Waals surface area contributed by atoms with E-state index in [4.69, 9.17) is 9.84 Å². The number of nitrogens with one attached hydrogen (secondary N) is 2. The number of hydrogen-bond acceptors (Lipinski definition) is 4. The van der Waals surface area contributed by atoms with E-state index < -0.39 is 29.4 Å². The second kappa shape index (κ2) is 10.0. The number of carboxylic acids is 1. The van der Waals surface area contributed by atoms with Gasteiger partial charge < -0.3 is 20.5 Å². The smallest absolute Gasteiger partial charge is 0.408 e. The average Bonchev–Trinajstić information content (AvgIpc) is 3.19. The van der Waals surface area contributed by atoms with Gasteiger partial charge in [-0.25, -0.2) is 4.79 Å². The van der Waals surface area contributed by atoms with E-state index in [-0.39, 0.29) is 19.1 Å². The van der Waals surface area contributed by atoms with Crippen LogP contribution in [0.4, 0.5) is 4.79 Å². The summed E-state index contributed by atoms with van der Waals surface area (Å²) in [5, 5.41) is 14.5. The lowest BCUT2D eigenvalue weighted by Crippen LogP contribution is -2.55. The van der Waals surface area contributed by atoms with Crippen molar-refractivity contribution in [3.8, 4) is 11.1 Å². The van der Waals surface area contributed by atoms with E-state index in [2.05, 4.69) is 22.8 Å². The normalized spacial score (nSPS) is 14.7. The minimum absolute atomic E-state index is 0.0665. The number of carbonyl (C=O) groups is 3. The zero-order chi connectivity index (χ0) is 25.0. The number of ether oxygens (including phenoxy) is 1. The minimum Gasteiger partial charge on any atom is -0.481 e. The first-order chi connectivity index (χ1) is 16.8. The Bertz CT molecular complexity index is 1200. The molecule has 2 unspecified atom stereocenters. The monoisotopic (exact) mass is 472 g/mol. The molecule has 0 aromatic heterocycles. The van der Waals surface area contributed by atoms with Gasteiger partial charge in [-0.1, -0.05) is 85.8 Å². The Labute approximate surface area is 204 Å². The SMILES string of the molecule is CC(CNC(=O)C(C)(NC(=O)OCC1c2ccccc2-c2ccccc21)c1ccccc1)C(=O)O. The van der Waals surface area contributed by atoms with Crippen LogP contribution >= 0.6 is 0 Å². The fraction of sp³-hybridized carbons (Fsp3) is 0.250. The highest BCUT2D eigenvalue weighted by Crippen LogP contribution is 2.44.